The molecule has 1 amide bonds. The zero-order chi connectivity index (χ0) is 20.1. The van der Waals surface area contributed by atoms with Crippen molar-refractivity contribution in [2.45, 2.75) is 44.9 Å². The fourth-order valence-corrected chi connectivity index (χ4v) is 3.42. The number of aryl methyl sites for hydroxylation is 3. The molecular weight excluding hydrogens is 370 g/mol. The lowest BCUT2D eigenvalue weighted by atomic mass is 9.98. The van der Waals surface area contributed by atoms with Gasteiger partial charge in [0.2, 0.25) is 23.6 Å². The number of carbonyl (C=O) groups excluding carboxylic acids is 1. The minimum Gasteiger partial charge on any atom is -0.496 e. The number of hydrogen-bond acceptors (Lipinski definition) is 7. The first-order chi connectivity index (χ1) is 14.2. The summed E-state index contributed by atoms with van der Waals surface area (Å²) in [5.74, 6) is 1.91. The van der Waals surface area contributed by atoms with Gasteiger partial charge in [0, 0.05) is 24.7 Å². The van der Waals surface area contributed by atoms with E-state index in [1.54, 1.807) is 7.11 Å². The summed E-state index contributed by atoms with van der Waals surface area (Å²) in [5, 5.41) is 6.79. The summed E-state index contributed by atoms with van der Waals surface area (Å²) in [7, 11) is 1.60. The maximum Gasteiger partial charge on any atom is 0.229 e. The molecular formula is C21H23N5O3. The molecule has 2 heterocycles. The van der Waals surface area contributed by atoms with Crippen molar-refractivity contribution in [3.8, 4) is 17.1 Å². The van der Waals surface area contributed by atoms with E-state index in [-0.39, 0.29) is 5.91 Å². The van der Waals surface area contributed by atoms with E-state index < -0.39 is 0 Å². The van der Waals surface area contributed by atoms with Gasteiger partial charge in [0.1, 0.15) is 5.75 Å². The van der Waals surface area contributed by atoms with E-state index in [4.69, 9.17) is 9.26 Å². The van der Waals surface area contributed by atoms with Crippen LogP contribution in [0, 0.1) is 0 Å². The molecule has 8 heteroatoms. The number of methoxy groups -OCH3 is 1. The van der Waals surface area contributed by atoms with E-state index in [9.17, 15) is 4.79 Å². The first kappa shape index (κ1) is 19.0. The summed E-state index contributed by atoms with van der Waals surface area (Å²) in [5.41, 5.74) is 3.01. The summed E-state index contributed by atoms with van der Waals surface area (Å²) >= 11 is 0. The molecule has 0 spiro atoms. The molecule has 0 saturated heterocycles. The van der Waals surface area contributed by atoms with Gasteiger partial charge in [0.25, 0.3) is 0 Å². The number of hydrogen-bond donors (Lipinski definition) is 1. The van der Waals surface area contributed by atoms with Crippen molar-refractivity contribution in [2.24, 2.45) is 0 Å². The Morgan fingerprint density at radius 3 is 2.97 bits per heavy atom. The number of fused-ring (bicyclic) bond motifs is 1. The number of nitrogens with zero attached hydrogens (tertiary/aromatic N) is 4. The molecule has 3 aromatic rings. The minimum absolute atomic E-state index is 0.120. The van der Waals surface area contributed by atoms with Gasteiger partial charge >= 0.3 is 0 Å². The topological polar surface area (TPSA) is 103 Å². The van der Waals surface area contributed by atoms with Crippen LogP contribution in [-0.2, 0) is 24.1 Å². The van der Waals surface area contributed by atoms with Crippen LogP contribution >= 0.6 is 0 Å². The highest BCUT2D eigenvalue weighted by molar-refractivity contribution is 5.88. The fraction of sp³-hybridized carbons (Fsp3) is 0.381. The van der Waals surface area contributed by atoms with Gasteiger partial charge in [-0.15, -0.1) is 0 Å². The van der Waals surface area contributed by atoms with Crippen LogP contribution in [-0.4, -0.2) is 33.1 Å². The molecule has 0 bridgehead atoms. The van der Waals surface area contributed by atoms with Crippen LogP contribution in [0.3, 0.4) is 0 Å². The Bertz CT molecular complexity index is 1000. The van der Waals surface area contributed by atoms with E-state index in [1.165, 1.54) is 12.0 Å². The Morgan fingerprint density at radius 2 is 2.07 bits per heavy atom. The standard InChI is InChI=1S/C21H23N5O3/c1-28-17-10-5-3-8-15(17)20-25-19(29-26-20)12-6-11-18(27)24-21-22-13-14-7-2-4-9-16(14)23-21/h3,5,8,10,13H,2,4,6-7,9,11-12H2,1H3,(H,22,23,24,27). The highest BCUT2D eigenvalue weighted by Gasteiger charge is 2.15. The number of ether oxygens (including phenoxy) is 1. The average Bonchev–Trinajstić information content (AvgIpc) is 3.22. The molecule has 150 valence electrons. The first-order valence-electron chi connectivity index (χ1n) is 9.83. The monoisotopic (exact) mass is 393 g/mol. The molecule has 0 unspecified atom stereocenters. The third kappa shape index (κ3) is 4.59. The smallest absolute Gasteiger partial charge is 0.229 e. The predicted octanol–water partition coefficient (Wildman–Crippen LogP) is 3.38. The second kappa shape index (κ2) is 8.81. The van der Waals surface area contributed by atoms with Crippen molar-refractivity contribution >= 4 is 11.9 Å². The zero-order valence-corrected chi connectivity index (χ0v) is 16.4. The number of aromatic nitrogens is 4. The van der Waals surface area contributed by atoms with Crippen LogP contribution in [0.4, 0.5) is 5.95 Å². The number of para-hydroxylation sites is 1. The van der Waals surface area contributed by atoms with Crippen LogP contribution < -0.4 is 10.1 Å². The molecule has 1 N–H and O–H groups in total. The Labute approximate surface area is 168 Å². The Balaban J connectivity index is 1.29. The van der Waals surface area contributed by atoms with Crippen molar-refractivity contribution in [3.05, 3.63) is 47.6 Å². The molecule has 2 aromatic heterocycles. The SMILES string of the molecule is COc1ccccc1-c1noc(CCCC(=O)Nc2ncc3c(n2)CCCC3)n1. The minimum atomic E-state index is -0.120. The van der Waals surface area contributed by atoms with E-state index in [0.29, 0.717) is 42.7 Å². The van der Waals surface area contributed by atoms with Crippen molar-refractivity contribution in [1.29, 1.82) is 0 Å². The van der Waals surface area contributed by atoms with Gasteiger partial charge in [-0.2, -0.15) is 4.98 Å². The summed E-state index contributed by atoms with van der Waals surface area (Å²) in [6.45, 7) is 0. The average molecular weight is 393 g/mol. The lowest BCUT2D eigenvalue weighted by Crippen LogP contribution is -2.16. The van der Waals surface area contributed by atoms with Crippen molar-refractivity contribution < 1.29 is 14.1 Å². The number of amides is 1. The fourth-order valence-electron chi connectivity index (χ4n) is 3.42. The van der Waals surface area contributed by atoms with Crippen molar-refractivity contribution in [1.82, 2.24) is 20.1 Å². The maximum absolute atomic E-state index is 12.2. The van der Waals surface area contributed by atoms with Gasteiger partial charge in [0.15, 0.2) is 0 Å². The maximum atomic E-state index is 12.2. The second-order valence-corrected chi connectivity index (χ2v) is 6.99. The molecule has 1 aliphatic carbocycles. The molecule has 1 aromatic carbocycles. The summed E-state index contributed by atoms with van der Waals surface area (Å²) in [4.78, 5) is 25.3. The van der Waals surface area contributed by atoms with Crippen LogP contribution in [0.15, 0.2) is 35.0 Å². The van der Waals surface area contributed by atoms with Crippen molar-refractivity contribution in [3.63, 3.8) is 0 Å². The van der Waals surface area contributed by atoms with Gasteiger partial charge in [0.05, 0.1) is 12.7 Å². The predicted molar refractivity (Wildman–Crippen MR) is 107 cm³/mol. The normalized spacial score (nSPS) is 13.0. The molecule has 29 heavy (non-hydrogen) atoms. The van der Waals surface area contributed by atoms with Gasteiger partial charge in [-0.3, -0.25) is 10.1 Å². The van der Waals surface area contributed by atoms with Crippen LogP contribution in [0.1, 0.15) is 42.8 Å². The van der Waals surface area contributed by atoms with Gasteiger partial charge in [-0.05, 0) is 49.8 Å². The number of benzene rings is 1. The Kier molecular flexibility index (Phi) is 5.79. The summed E-state index contributed by atoms with van der Waals surface area (Å²) in [6.07, 6.45) is 7.54. The zero-order valence-electron chi connectivity index (χ0n) is 16.4. The van der Waals surface area contributed by atoms with Gasteiger partial charge in [-0.1, -0.05) is 17.3 Å². The number of carbonyl (C=O) groups is 1. The quantitative estimate of drug-likeness (QED) is 0.656. The highest BCUT2D eigenvalue weighted by Crippen LogP contribution is 2.27. The number of rotatable bonds is 7. The van der Waals surface area contributed by atoms with Crippen molar-refractivity contribution in [2.75, 3.05) is 12.4 Å². The van der Waals surface area contributed by atoms with E-state index in [1.807, 2.05) is 30.5 Å². The molecule has 0 atom stereocenters. The molecule has 8 nitrogen and oxygen atoms in total. The lowest BCUT2D eigenvalue weighted by molar-refractivity contribution is -0.116. The van der Waals surface area contributed by atoms with Gasteiger partial charge < -0.3 is 9.26 Å². The van der Waals surface area contributed by atoms with Crippen LogP contribution in [0.25, 0.3) is 11.4 Å². The number of anilines is 1. The molecule has 0 radical (unpaired) electrons. The third-order valence-corrected chi connectivity index (χ3v) is 4.93. The van der Waals surface area contributed by atoms with E-state index >= 15 is 0 Å². The van der Waals surface area contributed by atoms with Crippen LogP contribution in [0.2, 0.25) is 0 Å². The summed E-state index contributed by atoms with van der Waals surface area (Å²) in [6, 6.07) is 7.49. The molecule has 0 aliphatic heterocycles. The molecule has 0 saturated carbocycles. The molecule has 0 fully saturated rings. The van der Waals surface area contributed by atoms with E-state index in [2.05, 4.69) is 25.4 Å². The third-order valence-electron chi connectivity index (χ3n) is 4.93. The molecule has 1 aliphatic rings. The number of nitrogens with one attached hydrogen (secondary N) is 1. The second-order valence-electron chi connectivity index (χ2n) is 6.99. The van der Waals surface area contributed by atoms with E-state index in [0.717, 1.165) is 30.5 Å². The Morgan fingerprint density at radius 1 is 1.21 bits per heavy atom. The lowest BCUT2D eigenvalue weighted by Gasteiger charge is -2.14. The van der Waals surface area contributed by atoms with Gasteiger partial charge in [-0.25, -0.2) is 9.97 Å². The Hall–Kier alpha value is -3.29. The van der Waals surface area contributed by atoms with Crippen LogP contribution in [0.5, 0.6) is 5.75 Å². The summed E-state index contributed by atoms with van der Waals surface area (Å²) < 4.78 is 10.6. The first-order valence-corrected chi connectivity index (χ1v) is 9.83. The molecule has 4 rings (SSSR count). The largest absolute Gasteiger partial charge is 0.496 e. The highest BCUT2D eigenvalue weighted by atomic mass is 16.5.